The average Bonchev–Trinajstić information content (AvgIpc) is 3.00. The molecule has 1 N–H and O–H groups in total. The minimum Gasteiger partial charge on any atom is -0.450 e. The van der Waals surface area contributed by atoms with E-state index in [-0.39, 0.29) is 5.91 Å². The van der Waals surface area contributed by atoms with Crippen molar-refractivity contribution < 1.29 is 13.9 Å². The minimum absolute atomic E-state index is 0.147. The zero-order valence-electron chi connectivity index (χ0n) is 14.4. The van der Waals surface area contributed by atoms with Gasteiger partial charge in [0.15, 0.2) is 5.76 Å². The molecule has 4 rings (SSSR count). The van der Waals surface area contributed by atoms with E-state index in [1.165, 1.54) is 0 Å². The van der Waals surface area contributed by atoms with Crippen LogP contribution in [0.3, 0.4) is 0 Å². The first kappa shape index (κ1) is 16.1. The van der Waals surface area contributed by atoms with E-state index in [0.29, 0.717) is 12.3 Å². The van der Waals surface area contributed by atoms with Gasteiger partial charge in [-0.1, -0.05) is 36.4 Å². The molecule has 1 fully saturated rings. The van der Waals surface area contributed by atoms with Crippen LogP contribution in [0.15, 0.2) is 40.8 Å². The number of hydrogen-bond donors (Lipinski definition) is 1. The van der Waals surface area contributed by atoms with Gasteiger partial charge < -0.3 is 14.5 Å². The Bertz CT molecular complexity index is 910. The number of furan rings is 1. The Hall–Kier alpha value is -2.37. The molecule has 1 amide bonds. The van der Waals surface area contributed by atoms with E-state index in [9.17, 15) is 4.79 Å². The van der Waals surface area contributed by atoms with Gasteiger partial charge in [-0.25, -0.2) is 0 Å². The highest BCUT2D eigenvalue weighted by Gasteiger charge is 2.19. The van der Waals surface area contributed by atoms with E-state index in [1.54, 1.807) is 0 Å². The number of carbonyl (C=O) groups is 1. The van der Waals surface area contributed by atoms with Crippen LogP contribution in [-0.2, 0) is 4.74 Å². The largest absolute Gasteiger partial charge is 0.450 e. The fraction of sp³-hybridized carbons (Fsp3) is 0.350. The summed E-state index contributed by atoms with van der Waals surface area (Å²) in [6.07, 6.45) is 0. The maximum absolute atomic E-state index is 12.6. The van der Waals surface area contributed by atoms with Crippen molar-refractivity contribution >= 4 is 27.6 Å². The first-order chi connectivity index (χ1) is 12.2. The Labute approximate surface area is 146 Å². The summed E-state index contributed by atoms with van der Waals surface area (Å²) in [5.74, 6) is 0.263. The number of hydrogen-bond acceptors (Lipinski definition) is 4. The number of carbonyl (C=O) groups excluding carboxylic acids is 1. The van der Waals surface area contributed by atoms with Gasteiger partial charge in [0, 0.05) is 42.5 Å². The van der Waals surface area contributed by atoms with Crippen LogP contribution in [-0.4, -0.2) is 50.2 Å². The van der Waals surface area contributed by atoms with E-state index < -0.39 is 0 Å². The van der Waals surface area contributed by atoms with Crippen LogP contribution in [0.2, 0.25) is 0 Å². The van der Waals surface area contributed by atoms with E-state index >= 15 is 0 Å². The number of morpholine rings is 1. The third-order valence-electron chi connectivity index (χ3n) is 4.85. The molecule has 1 aromatic heterocycles. The fourth-order valence-corrected chi connectivity index (χ4v) is 3.40. The maximum Gasteiger partial charge on any atom is 0.287 e. The Morgan fingerprint density at radius 2 is 1.92 bits per heavy atom. The zero-order chi connectivity index (χ0) is 17.2. The number of benzene rings is 2. The molecule has 2 aromatic carbocycles. The number of rotatable bonds is 4. The van der Waals surface area contributed by atoms with Crippen LogP contribution in [0, 0.1) is 6.92 Å². The summed E-state index contributed by atoms with van der Waals surface area (Å²) in [6, 6.07) is 12.2. The standard InChI is InChI=1S/C20H22N2O3/c1-14-16-7-6-15-4-2-3-5-17(15)19(16)25-18(14)20(23)21-8-9-22-10-12-24-13-11-22/h2-7H,8-13H2,1H3,(H,21,23). The van der Waals surface area contributed by atoms with E-state index in [1.807, 2.05) is 31.2 Å². The van der Waals surface area contributed by atoms with Crippen LogP contribution >= 0.6 is 0 Å². The summed E-state index contributed by atoms with van der Waals surface area (Å²) in [5.41, 5.74) is 1.68. The molecule has 0 radical (unpaired) electrons. The second-order valence-corrected chi connectivity index (χ2v) is 6.43. The van der Waals surface area contributed by atoms with Crippen molar-refractivity contribution in [2.24, 2.45) is 0 Å². The lowest BCUT2D eigenvalue weighted by atomic mass is 10.1. The zero-order valence-corrected chi connectivity index (χ0v) is 14.4. The SMILES string of the molecule is Cc1c(C(=O)NCCN2CCOCC2)oc2c1ccc1ccccc12. The first-order valence-corrected chi connectivity index (χ1v) is 8.73. The normalized spacial score (nSPS) is 15.7. The van der Waals surface area contributed by atoms with E-state index in [4.69, 9.17) is 9.15 Å². The molecule has 1 saturated heterocycles. The second kappa shape index (κ2) is 6.86. The molecular formula is C20H22N2O3. The van der Waals surface area contributed by atoms with Gasteiger partial charge >= 0.3 is 0 Å². The summed E-state index contributed by atoms with van der Waals surface area (Å²) >= 11 is 0. The summed E-state index contributed by atoms with van der Waals surface area (Å²) in [5, 5.41) is 6.13. The second-order valence-electron chi connectivity index (χ2n) is 6.43. The molecule has 0 unspecified atom stereocenters. The predicted octanol–water partition coefficient (Wildman–Crippen LogP) is 2.96. The van der Waals surface area contributed by atoms with Gasteiger partial charge in [0.05, 0.1) is 13.2 Å². The molecule has 3 aromatic rings. The Kier molecular flexibility index (Phi) is 4.42. The molecule has 2 heterocycles. The van der Waals surface area contributed by atoms with Crippen molar-refractivity contribution in [1.29, 1.82) is 0 Å². The summed E-state index contributed by atoms with van der Waals surface area (Å²) in [4.78, 5) is 14.9. The predicted molar refractivity (Wildman–Crippen MR) is 98.0 cm³/mol. The lowest BCUT2D eigenvalue weighted by Crippen LogP contribution is -2.41. The highest BCUT2D eigenvalue weighted by Crippen LogP contribution is 2.31. The Balaban J connectivity index is 1.53. The molecule has 130 valence electrons. The number of fused-ring (bicyclic) bond motifs is 3. The molecule has 0 atom stereocenters. The third-order valence-corrected chi connectivity index (χ3v) is 4.85. The van der Waals surface area contributed by atoms with Crippen LogP contribution in [0.1, 0.15) is 16.1 Å². The van der Waals surface area contributed by atoms with E-state index in [2.05, 4.69) is 22.3 Å². The van der Waals surface area contributed by atoms with E-state index in [0.717, 1.165) is 60.2 Å². The van der Waals surface area contributed by atoms with Gasteiger partial charge in [-0.3, -0.25) is 9.69 Å². The van der Waals surface area contributed by atoms with Crippen LogP contribution in [0.5, 0.6) is 0 Å². The number of ether oxygens (including phenoxy) is 1. The molecule has 25 heavy (non-hydrogen) atoms. The van der Waals surface area contributed by atoms with Gasteiger partial charge in [-0.05, 0) is 12.3 Å². The fourth-order valence-electron chi connectivity index (χ4n) is 3.40. The van der Waals surface area contributed by atoms with Gasteiger partial charge in [0.2, 0.25) is 0 Å². The molecule has 1 aliphatic heterocycles. The molecule has 0 aliphatic carbocycles. The Morgan fingerprint density at radius 1 is 1.12 bits per heavy atom. The molecule has 0 bridgehead atoms. The molecule has 1 aliphatic rings. The lowest BCUT2D eigenvalue weighted by molar-refractivity contribution is 0.0382. The van der Waals surface area contributed by atoms with Crippen molar-refractivity contribution in [3.63, 3.8) is 0 Å². The molecule has 0 saturated carbocycles. The first-order valence-electron chi connectivity index (χ1n) is 8.73. The van der Waals surface area contributed by atoms with Crippen LogP contribution in [0.25, 0.3) is 21.7 Å². The number of amides is 1. The topological polar surface area (TPSA) is 54.7 Å². The highest BCUT2D eigenvalue weighted by atomic mass is 16.5. The number of nitrogens with one attached hydrogen (secondary N) is 1. The molecular weight excluding hydrogens is 316 g/mol. The Morgan fingerprint density at radius 3 is 2.76 bits per heavy atom. The summed E-state index contributed by atoms with van der Waals surface area (Å²) in [6.45, 7) is 6.76. The van der Waals surface area contributed by atoms with Gasteiger partial charge in [-0.2, -0.15) is 0 Å². The van der Waals surface area contributed by atoms with Crippen molar-refractivity contribution in [2.45, 2.75) is 6.92 Å². The third kappa shape index (κ3) is 3.13. The van der Waals surface area contributed by atoms with Crippen molar-refractivity contribution in [3.8, 4) is 0 Å². The summed E-state index contributed by atoms with van der Waals surface area (Å²) in [7, 11) is 0. The monoisotopic (exact) mass is 338 g/mol. The average molecular weight is 338 g/mol. The van der Waals surface area contributed by atoms with Crippen molar-refractivity contribution in [3.05, 3.63) is 47.7 Å². The molecule has 5 nitrogen and oxygen atoms in total. The number of nitrogens with zero attached hydrogens (tertiary/aromatic N) is 1. The van der Waals surface area contributed by atoms with Crippen molar-refractivity contribution in [2.75, 3.05) is 39.4 Å². The van der Waals surface area contributed by atoms with Gasteiger partial charge in [-0.15, -0.1) is 0 Å². The summed E-state index contributed by atoms with van der Waals surface area (Å²) < 4.78 is 11.3. The molecule has 0 spiro atoms. The van der Waals surface area contributed by atoms with Gasteiger partial charge in [0.25, 0.3) is 5.91 Å². The number of aryl methyl sites for hydroxylation is 1. The quantitative estimate of drug-likeness (QED) is 0.795. The van der Waals surface area contributed by atoms with Crippen LogP contribution < -0.4 is 5.32 Å². The van der Waals surface area contributed by atoms with Crippen molar-refractivity contribution in [1.82, 2.24) is 10.2 Å². The maximum atomic E-state index is 12.6. The van der Waals surface area contributed by atoms with Gasteiger partial charge in [0.1, 0.15) is 5.58 Å². The minimum atomic E-state index is -0.147. The smallest absolute Gasteiger partial charge is 0.287 e. The van der Waals surface area contributed by atoms with Crippen LogP contribution in [0.4, 0.5) is 0 Å². The lowest BCUT2D eigenvalue weighted by Gasteiger charge is -2.26. The highest BCUT2D eigenvalue weighted by molar-refractivity contribution is 6.08. The molecule has 5 heteroatoms.